The van der Waals surface area contributed by atoms with Crippen LogP contribution in [0.4, 0.5) is 0 Å². The van der Waals surface area contributed by atoms with Crippen molar-refractivity contribution >= 4 is 11.8 Å². The lowest BCUT2D eigenvalue weighted by Crippen LogP contribution is -2.49. The summed E-state index contributed by atoms with van der Waals surface area (Å²) < 4.78 is 0. The highest BCUT2D eigenvalue weighted by atomic mass is 16.2. The van der Waals surface area contributed by atoms with E-state index in [9.17, 15) is 9.59 Å². The average Bonchev–Trinajstić information content (AvgIpc) is 2.49. The second-order valence-electron chi connectivity index (χ2n) is 5.32. The average molecular weight is 254 g/mol. The van der Waals surface area contributed by atoms with Crippen LogP contribution in [-0.2, 0) is 9.59 Å². The molecule has 0 aromatic rings. The Bertz CT molecular complexity index is 304. The quantitative estimate of drug-likeness (QED) is 0.815. The summed E-state index contributed by atoms with van der Waals surface area (Å²) in [6.45, 7) is 8.97. The number of hydrogen-bond acceptors (Lipinski definition) is 2. The Kier molecular flexibility index (Phi) is 5.63. The lowest BCUT2D eigenvalue weighted by atomic mass is 9.98. The fourth-order valence-corrected chi connectivity index (χ4v) is 2.40. The molecule has 0 aliphatic carbocycles. The molecule has 0 aromatic carbocycles. The Morgan fingerprint density at radius 2 is 2.00 bits per heavy atom. The van der Waals surface area contributed by atoms with Crippen molar-refractivity contribution < 1.29 is 9.59 Å². The van der Waals surface area contributed by atoms with Gasteiger partial charge in [-0.1, -0.05) is 33.6 Å². The number of hydrogen-bond donors (Lipinski definition) is 1. The van der Waals surface area contributed by atoms with Crippen molar-refractivity contribution in [3.8, 4) is 0 Å². The Morgan fingerprint density at radius 1 is 1.33 bits per heavy atom. The number of carbonyl (C=O) groups is 2. The van der Waals surface area contributed by atoms with Crippen molar-refractivity contribution in [2.45, 2.75) is 65.5 Å². The maximum absolute atomic E-state index is 12.5. The third kappa shape index (κ3) is 3.47. The maximum atomic E-state index is 12.5. The van der Waals surface area contributed by atoms with Gasteiger partial charge in [-0.05, 0) is 19.3 Å². The lowest BCUT2D eigenvalue weighted by molar-refractivity contribution is -0.136. The molecule has 4 nitrogen and oxygen atoms in total. The lowest BCUT2D eigenvalue weighted by Gasteiger charge is -2.33. The number of rotatable bonds is 5. The first-order valence-electron chi connectivity index (χ1n) is 7.11. The van der Waals surface area contributed by atoms with E-state index in [1.165, 1.54) is 0 Å². The Morgan fingerprint density at radius 3 is 2.56 bits per heavy atom. The minimum atomic E-state index is -0.323. The zero-order valence-electron chi connectivity index (χ0n) is 12.0. The van der Waals surface area contributed by atoms with Gasteiger partial charge in [0.25, 0.3) is 0 Å². The van der Waals surface area contributed by atoms with Gasteiger partial charge in [-0.2, -0.15) is 0 Å². The molecule has 18 heavy (non-hydrogen) atoms. The Hall–Kier alpha value is -1.06. The van der Waals surface area contributed by atoms with E-state index >= 15 is 0 Å². The zero-order chi connectivity index (χ0) is 13.7. The highest BCUT2D eigenvalue weighted by molar-refractivity contribution is 5.90. The van der Waals surface area contributed by atoms with Crippen molar-refractivity contribution in [2.24, 2.45) is 5.92 Å². The van der Waals surface area contributed by atoms with E-state index in [2.05, 4.69) is 26.1 Å². The summed E-state index contributed by atoms with van der Waals surface area (Å²) in [6, 6.07) is -0.119. The minimum Gasteiger partial charge on any atom is -0.344 e. The summed E-state index contributed by atoms with van der Waals surface area (Å²) in [6.07, 6.45) is 3.11. The molecule has 0 radical (unpaired) electrons. The largest absolute Gasteiger partial charge is 0.344 e. The highest BCUT2D eigenvalue weighted by Crippen LogP contribution is 2.18. The topological polar surface area (TPSA) is 49.4 Å². The van der Waals surface area contributed by atoms with Gasteiger partial charge in [0, 0.05) is 19.0 Å². The van der Waals surface area contributed by atoms with Crippen molar-refractivity contribution in [1.82, 2.24) is 10.2 Å². The van der Waals surface area contributed by atoms with E-state index in [-0.39, 0.29) is 23.9 Å². The van der Waals surface area contributed by atoms with Crippen LogP contribution in [-0.4, -0.2) is 35.3 Å². The SMILES string of the molecule is CCCC1NC(=O)CCN(C(C)C(C)CC)C1=O. The van der Waals surface area contributed by atoms with Crippen LogP contribution in [0.15, 0.2) is 0 Å². The van der Waals surface area contributed by atoms with E-state index in [0.717, 1.165) is 19.3 Å². The molecule has 1 heterocycles. The number of amides is 2. The second-order valence-corrected chi connectivity index (χ2v) is 5.32. The molecule has 104 valence electrons. The van der Waals surface area contributed by atoms with Crippen LogP contribution < -0.4 is 5.32 Å². The summed E-state index contributed by atoms with van der Waals surface area (Å²) in [5, 5.41) is 2.84. The standard InChI is InChI=1S/C14H26N2O2/c1-5-7-12-14(18)16(9-8-13(17)15-12)11(4)10(3)6-2/h10-12H,5-9H2,1-4H3,(H,15,17). The first kappa shape index (κ1) is 15.0. The molecule has 1 N–H and O–H groups in total. The molecular formula is C14H26N2O2. The van der Waals surface area contributed by atoms with Gasteiger partial charge in [0.05, 0.1) is 0 Å². The van der Waals surface area contributed by atoms with Gasteiger partial charge in [-0.3, -0.25) is 9.59 Å². The van der Waals surface area contributed by atoms with Crippen LogP contribution in [0.5, 0.6) is 0 Å². The minimum absolute atomic E-state index is 0.000603. The van der Waals surface area contributed by atoms with Crippen molar-refractivity contribution in [3.05, 3.63) is 0 Å². The fourth-order valence-electron chi connectivity index (χ4n) is 2.40. The van der Waals surface area contributed by atoms with E-state index in [1.54, 1.807) is 0 Å². The van der Waals surface area contributed by atoms with Gasteiger partial charge in [0.1, 0.15) is 6.04 Å². The Labute approximate surface area is 110 Å². The summed E-state index contributed by atoms with van der Waals surface area (Å²) in [4.78, 5) is 26.0. The van der Waals surface area contributed by atoms with Crippen molar-refractivity contribution in [1.29, 1.82) is 0 Å². The predicted molar refractivity (Wildman–Crippen MR) is 72.1 cm³/mol. The number of carbonyl (C=O) groups excluding carboxylic acids is 2. The summed E-state index contributed by atoms with van der Waals surface area (Å²) in [7, 11) is 0. The second kappa shape index (κ2) is 6.76. The van der Waals surface area contributed by atoms with E-state index in [4.69, 9.17) is 0 Å². The maximum Gasteiger partial charge on any atom is 0.245 e. The van der Waals surface area contributed by atoms with Gasteiger partial charge in [-0.15, -0.1) is 0 Å². The van der Waals surface area contributed by atoms with Crippen molar-refractivity contribution in [2.75, 3.05) is 6.54 Å². The molecule has 1 saturated heterocycles. The molecule has 1 rings (SSSR count). The third-order valence-corrected chi connectivity index (χ3v) is 4.03. The molecule has 0 aromatic heterocycles. The molecule has 0 saturated carbocycles. The zero-order valence-corrected chi connectivity index (χ0v) is 12.0. The van der Waals surface area contributed by atoms with Gasteiger partial charge in [-0.25, -0.2) is 0 Å². The molecule has 1 aliphatic heterocycles. The first-order chi connectivity index (χ1) is 8.51. The summed E-state index contributed by atoms with van der Waals surface area (Å²) in [5.41, 5.74) is 0. The van der Waals surface area contributed by atoms with Crippen LogP contribution >= 0.6 is 0 Å². The van der Waals surface area contributed by atoms with E-state index < -0.39 is 0 Å². The van der Waals surface area contributed by atoms with Crippen LogP contribution in [0.2, 0.25) is 0 Å². The molecule has 3 atom stereocenters. The smallest absolute Gasteiger partial charge is 0.245 e. The molecular weight excluding hydrogens is 228 g/mol. The van der Waals surface area contributed by atoms with Gasteiger partial charge in [0.15, 0.2) is 0 Å². The highest BCUT2D eigenvalue weighted by Gasteiger charge is 2.32. The van der Waals surface area contributed by atoms with Crippen LogP contribution in [0.1, 0.15) is 53.4 Å². The van der Waals surface area contributed by atoms with Gasteiger partial charge >= 0.3 is 0 Å². The van der Waals surface area contributed by atoms with Crippen LogP contribution in [0.3, 0.4) is 0 Å². The first-order valence-corrected chi connectivity index (χ1v) is 7.11. The van der Waals surface area contributed by atoms with E-state index in [1.807, 2.05) is 11.8 Å². The fraction of sp³-hybridized carbons (Fsp3) is 0.857. The predicted octanol–water partition coefficient (Wildman–Crippen LogP) is 1.94. The van der Waals surface area contributed by atoms with Gasteiger partial charge in [0.2, 0.25) is 11.8 Å². The van der Waals surface area contributed by atoms with Crippen LogP contribution in [0.25, 0.3) is 0 Å². The van der Waals surface area contributed by atoms with Crippen LogP contribution in [0, 0.1) is 5.92 Å². The molecule has 4 heteroatoms. The molecule has 0 bridgehead atoms. The Balaban J connectivity index is 2.82. The van der Waals surface area contributed by atoms with E-state index in [0.29, 0.717) is 18.9 Å². The number of nitrogens with one attached hydrogen (secondary N) is 1. The third-order valence-electron chi connectivity index (χ3n) is 4.03. The molecule has 0 spiro atoms. The monoisotopic (exact) mass is 254 g/mol. The van der Waals surface area contributed by atoms with Crippen molar-refractivity contribution in [3.63, 3.8) is 0 Å². The normalized spacial score (nSPS) is 24.4. The number of nitrogens with zero attached hydrogens (tertiary/aromatic N) is 1. The molecule has 3 unspecified atom stereocenters. The summed E-state index contributed by atoms with van der Waals surface area (Å²) >= 11 is 0. The summed E-state index contributed by atoms with van der Waals surface area (Å²) in [5.74, 6) is 0.556. The van der Waals surface area contributed by atoms with Gasteiger partial charge < -0.3 is 10.2 Å². The molecule has 2 amide bonds. The molecule has 1 fully saturated rings. The molecule has 1 aliphatic rings.